The molecule has 2 aliphatic rings. The van der Waals surface area contributed by atoms with Crippen molar-refractivity contribution < 1.29 is 22.4 Å². The van der Waals surface area contributed by atoms with Gasteiger partial charge >= 0.3 is 0 Å². The molecule has 0 radical (unpaired) electrons. The smallest absolute Gasteiger partial charge is 0.243 e. The van der Waals surface area contributed by atoms with Crippen LogP contribution in [0.4, 0.5) is 0 Å². The molecule has 1 saturated heterocycles. The van der Waals surface area contributed by atoms with E-state index in [2.05, 4.69) is 15.1 Å². The van der Waals surface area contributed by atoms with Crippen molar-refractivity contribution >= 4 is 10.0 Å². The number of aryl methyl sites for hydroxylation is 1. The van der Waals surface area contributed by atoms with Crippen LogP contribution in [0.25, 0.3) is 11.3 Å². The average Bonchev–Trinajstić information content (AvgIpc) is 3.25. The molecule has 4 heterocycles. The quantitative estimate of drug-likeness (QED) is 0.607. The number of aromatic nitrogens is 3. The monoisotopic (exact) mass is 442 g/mol. The van der Waals surface area contributed by atoms with Gasteiger partial charge in [0, 0.05) is 37.3 Å². The summed E-state index contributed by atoms with van der Waals surface area (Å²) in [6.07, 6.45) is 4.73. The number of piperidine rings is 1. The minimum atomic E-state index is -3.69. The van der Waals surface area contributed by atoms with E-state index >= 15 is 0 Å². The number of nitrogens with zero attached hydrogens (tertiary/aromatic N) is 4. The predicted octanol–water partition coefficient (Wildman–Crippen LogP) is 2.78. The highest BCUT2D eigenvalue weighted by Gasteiger charge is 2.33. The van der Waals surface area contributed by atoms with E-state index in [9.17, 15) is 8.42 Å². The summed E-state index contributed by atoms with van der Waals surface area (Å²) in [4.78, 5) is 8.80. The second kappa shape index (κ2) is 7.93. The third-order valence-electron chi connectivity index (χ3n) is 5.56. The predicted molar refractivity (Wildman–Crippen MR) is 110 cm³/mol. The van der Waals surface area contributed by atoms with E-state index in [4.69, 9.17) is 14.0 Å². The van der Waals surface area contributed by atoms with Crippen LogP contribution in [0.5, 0.6) is 11.5 Å². The Balaban J connectivity index is 1.44. The Hall–Kier alpha value is -2.98. The molecule has 0 N–H and O–H groups in total. The van der Waals surface area contributed by atoms with E-state index in [0.29, 0.717) is 43.6 Å². The maximum absolute atomic E-state index is 13.4. The SMILES string of the molecule is Cc1cc(-c2cncnc2[C@@H]2CCCN(S(=O)(=O)c3ccc4c(c3)OCCO4)C2)on1. The summed E-state index contributed by atoms with van der Waals surface area (Å²) in [5.41, 5.74) is 2.27. The van der Waals surface area contributed by atoms with Gasteiger partial charge in [-0.2, -0.15) is 4.31 Å². The minimum Gasteiger partial charge on any atom is -0.486 e. The lowest BCUT2D eigenvalue weighted by molar-refractivity contribution is 0.171. The van der Waals surface area contributed by atoms with E-state index in [-0.39, 0.29) is 10.8 Å². The van der Waals surface area contributed by atoms with Gasteiger partial charge in [-0.3, -0.25) is 0 Å². The van der Waals surface area contributed by atoms with Crippen LogP contribution in [0.1, 0.15) is 30.1 Å². The zero-order valence-corrected chi connectivity index (χ0v) is 17.8. The second-order valence-electron chi connectivity index (χ2n) is 7.66. The molecule has 2 aliphatic heterocycles. The van der Waals surface area contributed by atoms with E-state index < -0.39 is 10.0 Å². The van der Waals surface area contributed by atoms with Gasteiger partial charge in [0.2, 0.25) is 10.0 Å². The van der Waals surface area contributed by atoms with Gasteiger partial charge in [0.15, 0.2) is 17.3 Å². The number of sulfonamides is 1. The molecular formula is C21H22N4O5S. The molecule has 0 spiro atoms. The summed E-state index contributed by atoms with van der Waals surface area (Å²) in [7, 11) is -3.69. The lowest BCUT2D eigenvalue weighted by Gasteiger charge is -2.32. The largest absolute Gasteiger partial charge is 0.486 e. The van der Waals surface area contributed by atoms with Crippen molar-refractivity contribution in [1.82, 2.24) is 19.4 Å². The van der Waals surface area contributed by atoms with Gasteiger partial charge in [0.25, 0.3) is 0 Å². The molecule has 31 heavy (non-hydrogen) atoms. The highest BCUT2D eigenvalue weighted by Crippen LogP contribution is 2.37. The molecule has 162 valence electrons. The van der Waals surface area contributed by atoms with Gasteiger partial charge in [-0.15, -0.1) is 0 Å². The van der Waals surface area contributed by atoms with Crippen molar-refractivity contribution in [2.75, 3.05) is 26.3 Å². The van der Waals surface area contributed by atoms with Crippen molar-refractivity contribution in [1.29, 1.82) is 0 Å². The molecule has 0 saturated carbocycles. The summed E-state index contributed by atoms with van der Waals surface area (Å²) in [6.45, 7) is 3.49. The second-order valence-corrected chi connectivity index (χ2v) is 9.60. The van der Waals surface area contributed by atoms with Crippen molar-refractivity contribution in [2.24, 2.45) is 0 Å². The lowest BCUT2D eigenvalue weighted by Crippen LogP contribution is -2.39. The highest BCUT2D eigenvalue weighted by atomic mass is 32.2. The maximum atomic E-state index is 13.4. The molecule has 5 rings (SSSR count). The Kier molecular flexibility index (Phi) is 5.11. The van der Waals surface area contributed by atoms with Gasteiger partial charge in [0.1, 0.15) is 19.5 Å². The number of hydrogen-bond donors (Lipinski definition) is 0. The third kappa shape index (κ3) is 3.77. The number of hydrogen-bond acceptors (Lipinski definition) is 8. The third-order valence-corrected chi connectivity index (χ3v) is 7.42. The molecule has 2 aromatic heterocycles. The fourth-order valence-corrected chi connectivity index (χ4v) is 5.60. The Labute approximate surface area is 180 Å². The number of rotatable bonds is 4. The number of ether oxygens (including phenoxy) is 2. The highest BCUT2D eigenvalue weighted by molar-refractivity contribution is 7.89. The molecule has 0 unspecified atom stereocenters. The molecule has 0 aliphatic carbocycles. The van der Waals surface area contributed by atoms with Crippen LogP contribution >= 0.6 is 0 Å². The number of benzene rings is 1. The summed E-state index contributed by atoms with van der Waals surface area (Å²) in [5.74, 6) is 1.53. The van der Waals surface area contributed by atoms with E-state index in [0.717, 1.165) is 29.8 Å². The molecule has 0 bridgehead atoms. The van der Waals surface area contributed by atoms with Crippen molar-refractivity contribution in [3.05, 3.63) is 48.2 Å². The number of fused-ring (bicyclic) bond motifs is 1. The van der Waals surface area contributed by atoms with Gasteiger partial charge in [-0.05, 0) is 31.9 Å². The first-order valence-corrected chi connectivity index (χ1v) is 11.6. The van der Waals surface area contributed by atoms with Crippen LogP contribution in [0.2, 0.25) is 0 Å². The molecule has 10 heteroatoms. The van der Waals surface area contributed by atoms with Crippen LogP contribution < -0.4 is 9.47 Å². The Morgan fingerprint density at radius 3 is 2.77 bits per heavy atom. The fourth-order valence-electron chi connectivity index (χ4n) is 4.06. The molecule has 0 amide bonds. The molecule has 1 aromatic carbocycles. The molecular weight excluding hydrogens is 420 g/mol. The summed E-state index contributed by atoms with van der Waals surface area (Å²) in [5, 5.41) is 3.95. The summed E-state index contributed by atoms with van der Waals surface area (Å²) < 4.78 is 44.8. The van der Waals surface area contributed by atoms with Crippen LogP contribution in [0.15, 0.2) is 46.2 Å². The topological polar surface area (TPSA) is 108 Å². The van der Waals surface area contributed by atoms with Crippen molar-refractivity contribution in [3.63, 3.8) is 0 Å². The van der Waals surface area contributed by atoms with Crippen molar-refractivity contribution in [2.45, 2.75) is 30.6 Å². The van der Waals surface area contributed by atoms with E-state index in [1.54, 1.807) is 24.4 Å². The molecule has 1 atom stereocenters. The fraction of sp³-hybridized carbons (Fsp3) is 0.381. The molecule has 1 fully saturated rings. The Morgan fingerprint density at radius 2 is 1.97 bits per heavy atom. The molecule has 9 nitrogen and oxygen atoms in total. The Bertz CT molecular complexity index is 1210. The van der Waals surface area contributed by atoms with E-state index in [1.807, 2.05) is 13.0 Å². The first kappa shape index (κ1) is 20.0. The van der Waals surface area contributed by atoms with Gasteiger partial charge in [0.05, 0.1) is 21.8 Å². The van der Waals surface area contributed by atoms with Gasteiger partial charge in [-0.1, -0.05) is 5.16 Å². The summed E-state index contributed by atoms with van der Waals surface area (Å²) >= 11 is 0. The van der Waals surface area contributed by atoms with Gasteiger partial charge in [-0.25, -0.2) is 18.4 Å². The standard InChI is InChI=1S/C21H22N4O5S/c1-14-9-19(30-24-14)17-11-22-13-23-21(17)15-3-2-6-25(12-15)31(26,27)16-4-5-18-20(10-16)29-8-7-28-18/h4-5,9-11,13,15H,2-3,6-8,12H2,1H3/t15-/m1/s1. The normalized spacial score (nSPS) is 19.3. The lowest BCUT2D eigenvalue weighted by atomic mass is 9.92. The van der Waals surface area contributed by atoms with Crippen LogP contribution in [0, 0.1) is 6.92 Å². The molecule has 3 aromatic rings. The van der Waals surface area contributed by atoms with Crippen molar-refractivity contribution in [3.8, 4) is 22.8 Å². The Morgan fingerprint density at radius 1 is 1.13 bits per heavy atom. The first-order chi connectivity index (χ1) is 15.0. The van der Waals surface area contributed by atoms with Crippen LogP contribution in [0.3, 0.4) is 0 Å². The average molecular weight is 442 g/mol. The maximum Gasteiger partial charge on any atom is 0.243 e. The van der Waals surface area contributed by atoms with E-state index in [1.165, 1.54) is 10.6 Å². The van der Waals surface area contributed by atoms with Gasteiger partial charge < -0.3 is 14.0 Å². The van der Waals surface area contributed by atoms with Crippen LogP contribution in [-0.2, 0) is 10.0 Å². The zero-order valence-electron chi connectivity index (χ0n) is 17.0. The zero-order chi connectivity index (χ0) is 21.4. The first-order valence-electron chi connectivity index (χ1n) is 10.2. The minimum absolute atomic E-state index is 0.0795. The van der Waals surface area contributed by atoms with Crippen LogP contribution in [-0.4, -0.2) is 54.2 Å². The summed E-state index contributed by atoms with van der Waals surface area (Å²) in [6, 6.07) is 6.59.